The Morgan fingerprint density at radius 1 is 1.33 bits per heavy atom. The summed E-state index contributed by atoms with van der Waals surface area (Å²) in [6, 6.07) is 1.79. The normalized spacial score (nSPS) is 20.3. The Morgan fingerprint density at radius 2 is 1.94 bits per heavy atom. The van der Waals surface area contributed by atoms with Crippen LogP contribution in [0, 0.1) is 17.5 Å². The van der Waals surface area contributed by atoms with Gasteiger partial charge >= 0.3 is 0 Å². The summed E-state index contributed by atoms with van der Waals surface area (Å²) in [5.74, 6) is -4.25. The van der Waals surface area contributed by atoms with Crippen LogP contribution in [0.5, 0.6) is 0 Å². The first kappa shape index (κ1) is 12.9. The summed E-state index contributed by atoms with van der Waals surface area (Å²) in [5.41, 5.74) is 0.217. The zero-order valence-corrected chi connectivity index (χ0v) is 9.75. The molecule has 3 nitrogen and oxygen atoms in total. The highest BCUT2D eigenvalue weighted by Gasteiger charge is 2.24. The SMILES string of the molecule is CC1CN(Cc2cc(F)c(F)c(F)c2)C(=O)CO1. The summed E-state index contributed by atoms with van der Waals surface area (Å²) < 4.78 is 44.0. The molecule has 1 aromatic rings. The third kappa shape index (κ3) is 2.64. The summed E-state index contributed by atoms with van der Waals surface area (Å²) >= 11 is 0. The molecule has 1 amide bonds. The highest BCUT2D eigenvalue weighted by Crippen LogP contribution is 2.17. The fourth-order valence-corrected chi connectivity index (χ4v) is 1.84. The minimum atomic E-state index is -1.50. The number of ether oxygens (including phenoxy) is 1. The molecule has 1 aliphatic heterocycles. The number of benzene rings is 1. The van der Waals surface area contributed by atoms with Crippen LogP contribution in [-0.4, -0.2) is 30.1 Å². The fourth-order valence-electron chi connectivity index (χ4n) is 1.84. The first-order chi connectivity index (χ1) is 8.47. The van der Waals surface area contributed by atoms with E-state index in [4.69, 9.17) is 4.74 Å². The van der Waals surface area contributed by atoms with Crippen molar-refractivity contribution in [3.8, 4) is 0 Å². The maximum atomic E-state index is 13.0. The average Bonchev–Trinajstić information content (AvgIpc) is 2.31. The maximum Gasteiger partial charge on any atom is 0.248 e. The maximum absolute atomic E-state index is 13.0. The molecule has 0 radical (unpaired) electrons. The second-order valence-electron chi connectivity index (χ2n) is 4.27. The van der Waals surface area contributed by atoms with Crippen LogP contribution in [0.1, 0.15) is 12.5 Å². The minimum Gasteiger partial charge on any atom is -0.367 e. The van der Waals surface area contributed by atoms with E-state index >= 15 is 0 Å². The number of rotatable bonds is 2. The lowest BCUT2D eigenvalue weighted by molar-refractivity contribution is -0.148. The summed E-state index contributed by atoms with van der Waals surface area (Å²) in [6.07, 6.45) is -0.127. The number of carbonyl (C=O) groups is 1. The number of halogens is 3. The molecule has 0 aliphatic carbocycles. The van der Waals surface area contributed by atoms with Crippen LogP contribution in [0.4, 0.5) is 13.2 Å². The Hall–Kier alpha value is -1.56. The van der Waals surface area contributed by atoms with Gasteiger partial charge in [0.05, 0.1) is 6.10 Å². The molecule has 1 aliphatic rings. The second kappa shape index (κ2) is 4.97. The van der Waals surface area contributed by atoms with Gasteiger partial charge in [0.25, 0.3) is 0 Å². The lowest BCUT2D eigenvalue weighted by Crippen LogP contribution is -2.44. The number of nitrogens with zero attached hydrogens (tertiary/aromatic N) is 1. The molecule has 98 valence electrons. The second-order valence-corrected chi connectivity index (χ2v) is 4.27. The number of hydrogen-bond donors (Lipinski definition) is 0. The van der Waals surface area contributed by atoms with Crippen molar-refractivity contribution in [2.24, 2.45) is 0 Å². The minimum absolute atomic E-state index is 0.0423. The molecule has 0 aromatic heterocycles. The van der Waals surface area contributed by atoms with E-state index in [1.165, 1.54) is 4.90 Å². The van der Waals surface area contributed by atoms with Gasteiger partial charge in [0.1, 0.15) is 6.61 Å². The first-order valence-corrected chi connectivity index (χ1v) is 5.50. The first-order valence-electron chi connectivity index (χ1n) is 5.50. The fraction of sp³-hybridized carbons (Fsp3) is 0.417. The standard InChI is InChI=1S/C12H12F3NO2/c1-7-4-16(11(17)6-18-7)5-8-2-9(13)12(15)10(14)3-8/h2-3,7H,4-6H2,1H3. The van der Waals surface area contributed by atoms with Crippen molar-refractivity contribution in [3.05, 3.63) is 35.1 Å². The summed E-state index contributed by atoms with van der Waals surface area (Å²) in [7, 11) is 0. The number of morpholine rings is 1. The largest absolute Gasteiger partial charge is 0.367 e. The van der Waals surface area contributed by atoms with Gasteiger partial charge in [-0.2, -0.15) is 0 Å². The van der Waals surface area contributed by atoms with Gasteiger partial charge in [-0.05, 0) is 24.6 Å². The van der Waals surface area contributed by atoms with E-state index in [1.807, 2.05) is 0 Å². The number of carbonyl (C=O) groups excluding carboxylic acids is 1. The van der Waals surface area contributed by atoms with E-state index in [1.54, 1.807) is 6.92 Å². The van der Waals surface area contributed by atoms with Crippen molar-refractivity contribution in [1.82, 2.24) is 4.90 Å². The molecule has 1 atom stereocenters. The Bertz CT molecular complexity index is 455. The van der Waals surface area contributed by atoms with Crippen LogP contribution in [0.15, 0.2) is 12.1 Å². The van der Waals surface area contributed by atoms with E-state index in [0.29, 0.717) is 6.54 Å². The van der Waals surface area contributed by atoms with Crippen LogP contribution in [0.2, 0.25) is 0 Å². The molecule has 1 unspecified atom stereocenters. The number of amides is 1. The van der Waals surface area contributed by atoms with Gasteiger partial charge in [-0.15, -0.1) is 0 Å². The quantitative estimate of drug-likeness (QED) is 0.759. The van der Waals surface area contributed by atoms with E-state index in [-0.39, 0.29) is 30.7 Å². The van der Waals surface area contributed by atoms with Gasteiger partial charge in [0.15, 0.2) is 17.5 Å². The highest BCUT2D eigenvalue weighted by molar-refractivity contribution is 5.78. The Kier molecular flexibility index (Phi) is 3.56. The van der Waals surface area contributed by atoms with Crippen molar-refractivity contribution < 1.29 is 22.7 Å². The van der Waals surface area contributed by atoms with Crippen LogP contribution in [0.3, 0.4) is 0 Å². The molecule has 1 heterocycles. The molecule has 0 spiro atoms. The van der Waals surface area contributed by atoms with E-state index in [9.17, 15) is 18.0 Å². The predicted molar refractivity (Wildman–Crippen MR) is 57.1 cm³/mol. The molecule has 6 heteroatoms. The molecule has 1 fully saturated rings. The van der Waals surface area contributed by atoms with Crippen molar-refractivity contribution in [3.63, 3.8) is 0 Å². The summed E-state index contributed by atoms with van der Waals surface area (Å²) in [6.45, 7) is 2.14. The van der Waals surface area contributed by atoms with Crippen molar-refractivity contribution in [2.45, 2.75) is 19.6 Å². The predicted octanol–water partition coefficient (Wildman–Crippen LogP) is 1.85. The third-order valence-electron chi connectivity index (χ3n) is 2.74. The molecule has 0 bridgehead atoms. The molecular formula is C12H12F3NO2. The smallest absolute Gasteiger partial charge is 0.248 e. The molecule has 0 saturated carbocycles. The average molecular weight is 259 g/mol. The molecule has 2 rings (SSSR count). The monoisotopic (exact) mass is 259 g/mol. The zero-order chi connectivity index (χ0) is 13.3. The van der Waals surface area contributed by atoms with Crippen molar-refractivity contribution in [1.29, 1.82) is 0 Å². The molecule has 1 saturated heterocycles. The van der Waals surface area contributed by atoms with Crippen LogP contribution >= 0.6 is 0 Å². The Morgan fingerprint density at radius 3 is 2.56 bits per heavy atom. The lowest BCUT2D eigenvalue weighted by Gasteiger charge is -2.31. The van der Waals surface area contributed by atoms with Gasteiger partial charge in [-0.25, -0.2) is 13.2 Å². The van der Waals surface area contributed by atoms with Crippen LogP contribution < -0.4 is 0 Å². The van der Waals surface area contributed by atoms with Gasteiger partial charge in [-0.1, -0.05) is 0 Å². The Labute approximate surface area is 102 Å². The third-order valence-corrected chi connectivity index (χ3v) is 2.74. The molecule has 0 N–H and O–H groups in total. The molecule has 18 heavy (non-hydrogen) atoms. The van der Waals surface area contributed by atoms with Gasteiger partial charge in [0, 0.05) is 13.1 Å². The lowest BCUT2D eigenvalue weighted by atomic mass is 10.1. The van der Waals surface area contributed by atoms with Crippen LogP contribution in [0.25, 0.3) is 0 Å². The summed E-state index contributed by atoms with van der Waals surface area (Å²) in [4.78, 5) is 13.0. The van der Waals surface area contributed by atoms with Crippen LogP contribution in [-0.2, 0) is 16.1 Å². The van der Waals surface area contributed by atoms with E-state index in [2.05, 4.69) is 0 Å². The van der Waals surface area contributed by atoms with Gasteiger partial charge in [0.2, 0.25) is 5.91 Å². The molecule has 1 aromatic carbocycles. The molecular weight excluding hydrogens is 247 g/mol. The van der Waals surface area contributed by atoms with Gasteiger partial charge in [-0.3, -0.25) is 4.79 Å². The topological polar surface area (TPSA) is 29.5 Å². The zero-order valence-electron chi connectivity index (χ0n) is 9.75. The number of hydrogen-bond acceptors (Lipinski definition) is 2. The van der Waals surface area contributed by atoms with Gasteiger partial charge < -0.3 is 9.64 Å². The highest BCUT2D eigenvalue weighted by atomic mass is 19.2. The summed E-state index contributed by atoms with van der Waals surface area (Å²) in [5, 5.41) is 0. The van der Waals surface area contributed by atoms with E-state index in [0.717, 1.165) is 12.1 Å². The van der Waals surface area contributed by atoms with E-state index < -0.39 is 17.5 Å². The Balaban J connectivity index is 2.16. The van der Waals surface area contributed by atoms with Crippen molar-refractivity contribution in [2.75, 3.05) is 13.2 Å². The van der Waals surface area contributed by atoms with Crippen molar-refractivity contribution >= 4 is 5.91 Å².